The average molecular weight is 183 g/mol. The molecule has 0 spiro atoms. The molecule has 0 nitrogen and oxygen atoms in total. The van der Waals surface area contributed by atoms with Gasteiger partial charge < -0.3 is 0 Å². The third-order valence-electron chi connectivity index (χ3n) is 1.65. The third-order valence-corrected chi connectivity index (χ3v) is 3.00. The molecule has 0 fully saturated rings. The van der Waals surface area contributed by atoms with Crippen molar-refractivity contribution in [3.63, 3.8) is 0 Å². The number of hydrogen-bond acceptors (Lipinski definition) is 1. The molecule has 0 bridgehead atoms. The Bertz CT molecular complexity index is 304. The number of thioether (sulfide) groups is 1. The molecule has 1 heterocycles. The van der Waals surface area contributed by atoms with Crippen molar-refractivity contribution in [2.45, 2.75) is 4.90 Å². The topological polar surface area (TPSA) is 0 Å². The van der Waals surface area contributed by atoms with Crippen molar-refractivity contribution in [3.05, 3.63) is 35.9 Å². The van der Waals surface area contributed by atoms with E-state index >= 15 is 0 Å². The predicted molar refractivity (Wildman–Crippen MR) is 51.0 cm³/mol. The largest absolute Gasteiger partial charge is 0.121 e. The van der Waals surface area contributed by atoms with Gasteiger partial charge in [0.15, 0.2) is 0 Å². The molecular weight excluding hydrogens is 176 g/mol. The van der Waals surface area contributed by atoms with E-state index in [9.17, 15) is 0 Å². The van der Waals surface area contributed by atoms with Gasteiger partial charge in [-0.25, -0.2) is 0 Å². The lowest BCUT2D eigenvalue weighted by Crippen LogP contribution is -1.89. The number of fused-ring (bicyclic) bond motifs is 1. The SMILES string of the molecule is ClC1=CCSc2ccccc21. The first-order chi connectivity index (χ1) is 5.38. The van der Waals surface area contributed by atoms with Crippen molar-refractivity contribution < 1.29 is 0 Å². The van der Waals surface area contributed by atoms with Crippen LogP contribution >= 0.6 is 23.4 Å². The van der Waals surface area contributed by atoms with Crippen LogP contribution in [0.25, 0.3) is 5.03 Å². The maximum absolute atomic E-state index is 5.99. The normalized spacial score (nSPS) is 15.5. The van der Waals surface area contributed by atoms with Crippen LogP contribution in [0.3, 0.4) is 0 Å². The highest BCUT2D eigenvalue weighted by molar-refractivity contribution is 7.99. The zero-order valence-electron chi connectivity index (χ0n) is 5.88. The molecule has 0 amide bonds. The Hall–Kier alpha value is -0.400. The summed E-state index contributed by atoms with van der Waals surface area (Å²) < 4.78 is 0. The molecule has 0 saturated heterocycles. The second kappa shape index (κ2) is 2.92. The van der Waals surface area contributed by atoms with Crippen molar-refractivity contribution in [2.24, 2.45) is 0 Å². The maximum Gasteiger partial charge on any atom is 0.0458 e. The lowest BCUT2D eigenvalue weighted by atomic mass is 10.2. The molecule has 0 radical (unpaired) electrons. The third kappa shape index (κ3) is 1.31. The Kier molecular flexibility index (Phi) is 1.93. The fourth-order valence-corrected chi connectivity index (χ4v) is 2.43. The average Bonchev–Trinajstić information content (AvgIpc) is 2.06. The first kappa shape index (κ1) is 7.26. The van der Waals surface area contributed by atoms with E-state index in [-0.39, 0.29) is 0 Å². The molecule has 11 heavy (non-hydrogen) atoms. The van der Waals surface area contributed by atoms with Crippen LogP contribution in [0, 0.1) is 0 Å². The molecule has 0 atom stereocenters. The lowest BCUT2D eigenvalue weighted by molar-refractivity contribution is 1.39. The van der Waals surface area contributed by atoms with Gasteiger partial charge in [-0.15, -0.1) is 11.8 Å². The first-order valence-electron chi connectivity index (χ1n) is 3.46. The predicted octanol–water partition coefficient (Wildman–Crippen LogP) is 3.37. The highest BCUT2D eigenvalue weighted by Crippen LogP contribution is 2.34. The van der Waals surface area contributed by atoms with Crippen molar-refractivity contribution >= 4 is 28.4 Å². The Morgan fingerprint density at radius 2 is 2.09 bits per heavy atom. The van der Waals surface area contributed by atoms with Crippen molar-refractivity contribution in [1.29, 1.82) is 0 Å². The maximum atomic E-state index is 5.99. The van der Waals surface area contributed by atoms with Crippen molar-refractivity contribution in [1.82, 2.24) is 0 Å². The molecule has 0 saturated carbocycles. The molecule has 0 aliphatic carbocycles. The van der Waals surface area contributed by atoms with E-state index in [1.807, 2.05) is 23.9 Å². The lowest BCUT2D eigenvalue weighted by Gasteiger charge is -2.11. The molecular formula is C9H7ClS. The van der Waals surface area contributed by atoms with Crippen LogP contribution in [0.4, 0.5) is 0 Å². The summed E-state index contributed by atoms with van der Waals surface area (Å²) in [5, 5.41) is 0.888. The van der Waals surface area contributed by atoms with E-state index < -0.39 is 0 Å². The van der Waals surface area contributed by atoms with Gasteiger partial charge in [0.1, 0.15) is 0 Å². The van der Waals surface area contributed by atoms with Crippen LogP contribution in [0.15, 0.2) is 35.2 Å². The van der Waals surface area contributed by atoms with Gasteiger partial charge in [-0.1, -0.05) is 35.9 Å². The van der Waals surface area contributed by atoms with Crippen LogP contribution in [0.5, 0.6) is 0 Å². The van der Waals surface area contributed by atoms with E-state index in [0.29, 0.717) is 0 Å². The second-order valence-electron chi connectivity index (χ2n) is 2.36. The van der Waals surface area contributed by atoms with Crippen LogP contribution in [0.2, 0.25) is 0 Å². The molecule has 1 aromatic rings. The Balaban J connectivity index is 2.56. The smallest absolute Gasteiger partial charge is 0.0458 e. The van der Waals surface area contributed by atoms with E-state index in [4.69, 9.17) is 11.6 Å². The zero-order valence-corrected chi connectivity index (χ0v) is 7.45. The van der Waals surface area contributed by atoms with Gasteiger partial charge in [0.25, 0.3) is 0 Å². The molecule has 0 aromatic heterocycles. The van der Waals surface area contributed by atoms with Crippen LogP contribution in [-0.4, -0.2) is 5.75 Å². The zero-order chi connectivity index (χ0) is 7.68. The number of benzene rings is 1. The van der Waals surface area contributed by atoms with Crippen molar-refractivity contribution in [2.75, 3.05) is 5.75 Å². The quantitative estimate of drug-likeness (QED) is 0.593. The van der Waals surface area contributed by atoms with Gasteiger partial charge >= 0.3 is 0 Å². The molecule has 2 heteroatoms. The highest BCUT2D eigenvalue weighted by Gasteiger charge is 2.08. The van der Waals surface area contributed by atoms with Gasteiger partial charge in [0, 0.05) is 21.2 Å². The van der Waals surface area contributed by atoms with Gasteiger partial charge in [0.2, 0.25) is 0 Å². The standard InChI is InChI=1S/C9H7ClS/c10-8-5-6-11-9-4-2-1-3-7(8)9/h1-5H,6H2. The minimum Gasteiger partial charge on any atom is -0.121 e. The molecule has 56 valence electrons. The van der Waals surface area contributed by atoms with E-state index in [0.717, 1.165) is 10.8 Å². The highest BCUT2D eigenvalue weighted by atomic mass is 35.5. The fraction of sp³-hybridized carbons (Fsp3) is 0.111. The Morgan fingerprint density at radius 1 is 1.27 bits per heavy atom. The summed E-state index contributed by atoms with van der Waals surface area (Å²) in [6.07, 6.45) is 2.05. The monoisotopic (exact) mass is 182 g/mol. The minimum atomic E-state index is 0.888. The Morgan fingerprint density at radius 3 is 2.91 bits per heavy atom. The van der Waals surface area contributed by atoms with Gasteiger partial charge in [0.05, 0.1) is 0 Å². The van der Waals surface area contributed by atoms with E-state index in [2.05, 4.69) is 18.2 Å². The van der Waals surface area contributed by atoms with E-state index in [1.165, 1.54) is 10.5 Å². The summed E-state index contributed by atoms with van der Waals surface area (Å²) in [7, 11) is 0. The number of hydrogen-bond donors (Lipinski definition) is 0. The Labute approximate surface area is 75.3 Å². The molecule has 0 N–H and O–H groups in total. The first-order valence-corrected chi connectivity index (χ1v) is 4.82. The van der Waals surface area contributed by atoms with Crippen LogP contribution in [0.1, 0.15) is 5.56 Å². The minimum absolute atomic E-state index is 0.888. The molecule has 0 unspecified atom stereocenters. The molecule has 1 aliphatic rings. The number of halogens is 1. The molecule has 1 aliphatic heterocycles. The van der Waals surface area contributed by atoms with Gasteiger partial charge in [-0.05, 0) is 6.07 Å². The van der Waals surface area contributed by atoms with Crippen LogP contribution in [-0.2, 0) is 0 Å². The van der Waals surface area contributed by atoms with Crippen molar-refractivity contribution in [3.8, 4) is 0 Å². The molecule has 1 aromatic carbocycles. The summed E-state index contributed by atoms with van der Waals surface area (Å²) in [5.74, 6) is 0.996. The molecule has 2 rings (SSSR count). The second-order valence-corrected chi connectivity index (χ2v) is 3.83. The van der Waals surface area contributed by atoms with Crippen LogP contribution < -0.4 is 0 Å². The number of rotatable bonds is 0. The summed E-state index contributed by atoms with van der Waals surface area (Å²) in [6.45, 7) is 0. The fourth-order valence-electron chi connectivity index (χ4n) is 1.10. The summed E-state index contributed by atoms with van der Waals surface area (Å²) in [6, 6.07) is 8.22. The summed E-state index contributed by atoms with van der Waals surface area (Å²) >= 11 is 7.83. The summed E-state index contributed by atoms with van der Waals surface area (Å²) in [4.78, 5) is 1.29. The van der Waals surface area contributed by atoms with Gasteiger partial charge in [-0.3, -0.25) is 0 Å². The van der Waals surface area contributed by atoms with E-state index in [1.54, 1.807) is 0 Å². The summed E-state index contributed by atoms with van der Waals surface area (Å²) in [5.41, 5.74) is 1.17. The van der Waals surface area contributed by atoms with Gasteiger partial charge in [-0.2, -0.15) is 0 Å².